The molecule has 1 atom stereocenters. The van der Waals surface area contributed by atoms with E-state index in [2.05, 4.69) is 22.1 Å². The van der Waals surface area contributed by atoms with Crippen molar-refractivity contribution in [3.63, 3.8) is 0 Å². The zero-order valence-corrected chi connectivity index (χ0v) is 18.0. The van der Waals surface area contributed by atoms with Crippen molar-refractivity contribution in [1.29, 1.82) is 0 Å². The smallest absolute Gasteiger partial charge is 0.340 e. The second kappa shape index (κ2) is 9.57. The number of aryl methyl sites for hydroxylation is 1. The van der Waals surface area contributed by atoms with Crippen molar-refractivity contribution >= 4 is 46.6 Å². The van der Waals surface area contributed by atoms with Crippen molar-refractivity contribution in [3.8, 4) is 0 Å². The fourth-order valence-corrected chi connectivity index (χ4v) is 5.55. The molecule has 2 rings (SSSR count). The number of rotatable bonds is 9. The monoisotopic (exact) mass is 413 g/mol. The number of aromatic amines is 1. The Bertz CT molecular complexity index is 786. The number of ketones is 1. The number of nitrogens with one attached hydrogen (secondary N) is 1. The van der Waals surface area contributed by atoms with Crippen molar-refractivity contribution in [1.82, 2.24) is 15.2 Å². The quantitative estimate of drug-likeness (QED) is 0.367. The number of hydrogen-bond acceptors (Lipinski definition) is 8. The van der Waals surface area contributed by atoms with Crippen LogP contribution in [0.2, 0.25) is 0 Å². The minimum absolute atomic E-state index is 0.0656. The maximum atomic E-state index is 12.8. The van der Waals surface area contributed by atoms with E-state index in [4.69, 9.17) is 4.74 Å². The van der Waals surface area contributed by atoms with E-state index in [9.17, 15) is 9.59 Å². The van der Waals surface area contributed by atoms with Crippen LogP contribution in [0.25, 0.3) is 0 Å². The molecule has 0 bridgehead atoms. The second-order valence-electron chi connectivity index (χ2n) is 5.65. The molecule has 0 fully saturated rings. The van der Waals surface area contributed by atoms with Gasteiger partial charge >= 0.3 is 5.97 Å². The molecule has 142 valence electrons. The van der Waals surface area contributed by atoms with Crippen LogP contribution in [0.4, 0.5) is 0 Å². The summed E-state index contributed by atoms with van der Waals surface area (Å²) >= 11 is 4.57. The molecule has 6 nitrogen and oxygen atoms in total. The molecule has 2 heterocycles. The lowest BCUT2D eigenvalue weighted by atomic mass is 10.1. The van der Waals surface area contributed by atoms with Gasteiger partial charge in [0.25, 0.3) is 0 Å². The highest BCUT2D eigenvalue weighted by Crippen LogP contribution is 2.33. The molecule has 0 radical (unpaired) electrons. The molecule has 0 aliphatic carbocycles. The molecule has 0 aliphatic heterocycles. The van der Waals surface area contributed by atoms with Crippen LogP contribution in [0.3, 0.4) is 0 Å². The molecule has 9 heteroatoms. The number of thioether (sulfide) groups is 2. The van der Waals surface area contributed by atoms with Gasteiger partial charge in [-0.25, -0.2) is 4.79 Å². The van der Waals surface area contributed by atoms with Gasteiger partial charge in [-0.15, -0.1) is 10.2 Å². The Morgan fingerprint density at radius 3 is 2.58 bits per heavy atom. The predicted octanol–water partition coefficient (Wildman–Crippen LogP) is 4.53. The van der Waals surface area contributed by atoms with Crippen LogP contribution in [-0.4, -0.2) is 44.5 Å². The van der Waals surface area contributed by atoms with Crippen molar-refractivity contribution in [2.24, 2.45) is 0 Å². The number of carbonyl (C=O) groups is 2. The summed E-state index contributed by atoms with van der Waals surface area (Å²) in [5, 5.41) is 7.97. The number of carbonyl (C=O) groups excluding carboxylic acids is 2. The third-order valence-electron chi connectivity index (χ3n) is 3.63. The second-order valence-corrected chi connectivity index (χ2v) is 9.56. The lowest BCUT2D eigenvalue weighted by molar-refractivity contribution is 0.0525. The Labute approximate surface area is 165 Å². The largest absolute Gasteiger partial charge is 0.462 e. The van der Waals surface area contributed by atoms with Gasteiger partial charge in [-0.2, -0.15) is 0 Å². The topological polar surface area (TPSA) is 84.9 Å². The SMILES string of the molecule is CCCSc1nnc(S[C@H](C)C(=O)c2[nH]c(C)c(C(=O)OCC)c2C)s1. The average molecular weight is 414 g/mol. The van der Waals surface area contributed by atoms with Gasteiger partial charge in [0.05, 0.1) is 23.1 Å². The number of H-pyrrole nitrogens is 1. The van der Waals surface area contributed by atoms with E-state index in [-0.39, 0.29) is 11.0 Å². The van der Waals surface area contributed by atoms with Crippen LogP contribution in [0.5, 0.6) is 0 Å². The number of hydrogen-bond donors (Lipinski definition) is 1. The maximum absolute atomic E-state index is 12.8. The van der Waals surface area contributed by atoms with Gasteiger partial charge in [0.2, 0.25) is 0 Å². The lowest BCUT2D eigenvalue weighted by Crippen LogP contribution is -2.15. The first-order valence-corrected chi connectivity index (χ1v) is 11.1. The van der Waals surface area contributed by atoms with Crippen molar-refractivity contribution < 1.29 is 14.3 Å². The van der Waals surface area contributed by atoms with Crippen molar-refractivity contribution in [2.75, 3.05) is 12.4 Å². The standard InChI is InChI=1S/C17H23N3O3S3/c1-6-8-24-16-19-20-17(26-16)25-11(5)14(21)13-9(3)12(10(4)18-13)15(22)23-7-2/h11,18H,6-8H2,1-5H3/t11-/m1/s1. The Balaban J connectivity index is 2.12. The normalized spacial score (nSPS) is 12.2. The first-order valence-electron chi connectivity index (χ1n) is 8.42. The van der Waals surface area contributed by atoms with Crippen LogP contribution in [0.1, 0.15) is 59.3 Å². The maximum Gasteiger partial charge on any atom is 0.340 e. The van der Waals surface area contributed by atoms with Gasteiger partial charge in [0.15, 0.2) is 14.5 Å². The highest BCUT2D eigenvalue weighted by molar-refractivity contribution is 8.03. The Hall–Kier alpha value is -1.32. The lowest BCUT2D eigenvalue weighted by Gasteiger charge is -2.07. The molecule has 0 aromatic carbocycles. The van der Waals surface area contributed by atoms with Crippen LogP contribution >= 0.6 is 34.9 Å². The van der Waals surface area contributed by atoms with Gasteiger partial charge in [0, 0.05) is 11.4 Å². The summed E-state index contributed by atoms with van der Waals surface area (Å²) in [5.74, 6) is 0.537. The van der Waals surface area contributed by atoms with E-state index in [1.165, 1.54) is 23.1 Å². The minimum atomic E-state index is -0.403. The zero-order chi connectivity index (χ0) is 19.3. The number of Topliss-reactive ketones (excluding diaryl/α,β-unsaturated/α-hetero) is 1. The van der Waals surface area contributed by atoms with E-state index < -0.39 is 5.97 Å². The Morgan fingerprint density at radius 2 is 1.92 bits per heavy atom. The first kappa shape index (κ1) is 21.0. The Kier molecular flexibility index (Phi) is 7.72. The number of nitrogens with zero attached hydrogens (tertiary/aromatic N) is 2. The highest BCUT2D eigenvalue weighted by Gasteiger charge is 2.26. The van der Waals surface area contributed by atoms with Crippen LogP contribution < -0.4 is 0 Å². The summed E-state index contributed by atoms with van der Waals surface area (Å²) in [6, 6.07) is 0. The highest BCUT2D eigenvalue weighted by atomic mass is 32.2. The molecule has 26 heavy (non-hydrogen) atoms. The zero-order valence-electron chi connectivity index (χ0n) is 15.5. The third-order valence-corrected chi connectivity index (χ3v) is 7.07. The molecule has 0 spiro atoms. The van der Waals surface area contributed by atoms with Crippen molar-refractivity contribution in [2.45, 2.75) is 55.0 Å². The molecular formula is C17H23N3O3S3. The summed E-state index contributed by atoms with van der Waals surface area (Å²) in [6.45, 7) is 9.56. The average Bonchev–Trinajstić information content (AvgIpc) is 3.16. The molecule has 0 aliphatic rings. The summed E-state index contributed by atoms with van der Waals surface area (Å²) in [5.41, 5.74) is 2.18. The van der Waals surface area contributed by atoms with E-state index in [1.54, 1.807) is 32.5 Å². The number of esters is 1. The fraction of sp³-hybridized carbons (Fsp3) is 0.529. The third kappa shape index (κ3) is 4.89. The van der Waals surface area contributed by atoms with E-state index in [0.717, 1.165) is 20.9 Å². The number of aromatic nitrogens is 3. The molecule has 1 N–H and O–H groups in total. The van der Waals surface area contributed by atoms with E-state index in [1.807, 2.05) is 6.92 Å². The molecule has 0 unspecified atom stereocenters. The fourth-order valence-electron chi connectivity index (χ4n) is 2.41. The predicted molar refractivity (Wildman–Crippen MR) is 107 cm³/mol. The van der Waals surface area contributed by atoms with Gasteiger partial charge in [0.1, 0.15) is 0 Å². The van der Waals surface area contributed by atoms with Crippen LogP contribution in [0.15, 0.2) is 8.68 Å². The van der Waals surface area contributed by atoms with Crippen LogP contribution in [0, 0.1) is 13.8 Å². The van der Waals surface area contributed by atoms with Gasteiger partial charge in [-0.05, 0) is 39.7 Å². The van der Waals surface area contributed by atoms with Crippen LogP contribution in [-0.2, 0) is 4.74 Å². The van der Waals surface area contributed by atoms with Gasteiger partial charge in [-0.3, -0.25) is 4.79 Å². The summed E-state index contributed by atoms with van der Waals surface area (Å²) < 4.78 is 6.78. The first-order chi connectivity index (χ1) is 12.4. The minimum Gasteiger partial charge on any atom is -0.462 e. The Morgan fingerprint density at radius 1 is 1.23 bits per heavy atom. The summed E-state index contributed by atoms with van der Waals surface area (Å²) in [6.07, 6.45) is 1.08. The van der Waals surface area contributed by atoms with Gasteiger partial charge < -0.3 is 9.72 Å². The summed E-state index contributed by atoms with van der Waals surface area (Å²) in [7, 11) is 0. The van der Waals surface area contributed by atoms with Crippen molar-refractivity contribution in [3.05, 3.63) is 22.5 Å². The summed E-state index contributed by atoms with van der Waals surface area (Å²) in [4.78, 5) is 28.0. The van der Waals surface area contributed by atoms with E-state index >= 15 is 0 Å². The molecule has 2 aromatic rings. The molecule has 2 aromatic heterocycles. The van der Waals surface area contributed by atoms with Gasteiger partial charge in [-0.1, -0.05) is 41.8 Å². The molecule has 0 amide bonds. The molecule has 0 saturated carbocycles. The molecule has 0 saturated heterocycles. The molecular weight excluding hydrogens is 390 g/mol. The van der Waals surface area contributed by atoms with E-state index in [0.29, 0.717) is 29.1 Å². The number of ether oxygens (including phenoxy) is 1.